The van der Waals surface area contributed by atoms with Gasteiger partial charge in [0.1, 0.15) is 17.4 Å². The molecule has 1 fully saturated rings. The number of alkyl halides is 3. The quantitative estimate of drug-likeness (QED) is 0.114. The minimum Gasteiger partial charge on any atom is -0.496 e. The van der Waals surface area contributed by atoms with Gasteiger partial charge in [-0.2, -0.15) is 13.2 Å². The molecule has 1 unspecified atom stereocenters. The normalized spacial score (nSPS) is 14.9. The second-order valence-electron chi connectivity index (χ2n) is 12.5. The van der Waals surface area contributed by atoms with Crippen LogP contribution in [0.25, 0.3) is 10.9 Å². The van der Waals surface area contributed by atoms with Gasteiger partial charge in [-0.25, -0.2) is 9.97 Å². The van der Waals surface area contributed by atoms with Gasteiger partial charge in [0.15, 0.2) is 0 Å². The monoisotopic (exact) mass is 642 g/mol. The van der Waals surface area contributed by atoms with Crippen LogP contribution in [0.1, 0.15) is 112 Å². The van der Waals surface area contributed by atoms with Crippen molar-refractivity contribution in [2.75, 3.05) is 37.8 Å². The van der Waals surface area contributed by atoms with E-state index in [4.69, 9.17) is 16.2 Å². The summed E-state index contributed by atoms with van der Waals surface area (Å²) >= 11 is 0. The van der Waals surface area contributed by atoms with E-state index >= 15 is 0 Å². The van der Waals surface area contributed by atoms with Crippen molar-refractivity contribution in [3.8, 4) is 5.75 Å². The first-order valence-corrected chi connectivity index (χ1v) is 16.6. The van der Waals surface area contributed by atoms with Crippen LogP contribution in [-0.2, 0) is 11.0 Å². The number of hydrogen-bond donors (Lipinski definition) is 3. The maximum Gasteiger partial charge on any atom is 0.416 e. The van der Waals surface area contributed by atoms with E-state index in [1.54, 1.807) is 27.0 Å². The van der Waals surface area contributed by atoms with Crippen LogP contribution in [0.2, 0.25) is 0 Å². The lowest BCUT2D eigenvalue weighted by Crippen LogP contribution is -2.37. The summed E-state index contributed by atoms with van der Waals surface area (Å²) in [7, 11) is 1.64. The molecule has 0 bridgehead atoms. The lowest BCUT2D eigenvalue weighted by Gasteiger charge is -2.33. The van der Waals surface area contributed by atoms with Crippen LogP contribution in [0.3, 0.4) is 0 Å². The highest BCUT2D eigenvalue weighted by molar-refractivity contribution is 5.91. The molecule has 1 aliphatic heterocycles. The van der Waals surface area contributed by atoms with Gasteiger partial charge in [0.2, 0.25) is 5.91 Å². The van der Waals surface area contributed by atoms with Crippen molar-refractivity contribution in [3.63, 3.8) is 0 Å². The molecule has 1 atom stereocenters. The zero-order valence-electron chi connectivity index (χ0n) is 27.4. The fourth-order valence-corrected chi connectivity index (χ4v) is 6.35. The van der Waals surface area contributed by atoms with E-state index in [-0.39, 0.29) is 17.5 Å². The van der Waals surface area contributed by atoms with Gasteiger partial charge in [0.25, 0.3) is 0 Å². The number of methoxy groups -OCH3 is 1. The number of carbonyl (C=O) groups excluding carboxylic acids is 1. The molecule has 1 amide bonds. The van der Waals surface area contributed by atoms with Crippen LogP contribution in [0.5, 0.6) is 5.75 Å². The van der Waals surface area contributed by atoms with Crippen molar-refractivity contribution in [3.05, 3.63) is 52.8 Å². The lowest BCUT2D eigenvalue weighted by molar-refractivity contribution is -0.137. The number of aryl methyl sites for hydroxylation is 1. The van der Waals surface area contributed by atoms with Crippen LogP contribution >= 0.6 is 0 Å². The SMILES string of the molecule is COc1cc2nc(C)nc(NC(C)c3cc(N)cc(C(F)(F)F)c3)c2cc1C1CCN(C(=O)CCCCCCCCCCN)CC1. The Kier molecular flexibility index (Phi) is 12.5. The van der Waals surface area contributed by atoms with Crippen molar-refractivity contribution in [1.29, 1.82) is 0 Å². The van der Waals surface area contributed by atoms with Crippen LogP contribution in [-0.4, -0.2) is 47.5 Å². The third-order valence-electron chi connectivity index (χ3n) is 8.95. The number of hydrogen-bond acceptors (Lipinski definition) is 7. The Balaban J connectivity index is 1.41. The zero-order valence-corrected chi connectivity index (χ0v) is 27.4. The summed E-state index contributed by atoms with van der Waals surface area (Å²) in [6, 6.07) is 7.00. The van der Waals surface area contributed by atoms with Crippen LogP contribution < -0.4 is 21.5 Å². The average molecular weight is 643 g/mol. The summed E-state index contributed by atoms with van der Waals surface area (Å²) in [6.07, 6.45) is 6.93. The molecule has 1 aromatic heterocycles. The first-order valence-electron chi connectivity index (χ1n) is 16.6. The van der Waals surface area contributed by atoms with Crippen molar-refractivity contribution in [2.24, 2.45) is 5.73 Å². The van der Waals surface area contributed by atoms with E-state index in [1.165, 1.54) is 32.1 Å². The maximum absolute atomic E-state index is 13.5. The summed E-state index contributed by atoms with van der Waals surface area (Å²) in [5.41, 5.74) is 12.7. The van der Waals surface area contributed by atoms with Gasteiger partial charge in [-0.05, 0) is 87.4 Å². The number of anilines is 2. The Hall–Kier alpha value is -3.60. The first-order chi connectivity index (χ1) is 22.0. The lowest BCUT2D eigenvalue weighted by atomic mass is 9.87. The number of carbonyl (C=O) groups is 1. The molecule has 0 radical (unpaired) electrons. The van der Waals surface area contributed by atoms with Gasteiger partial charge in [-0.1, -0.05) is 38.5 Å². The first kappa shape index (κ1) is 35.3. The zero-order chi connectivity index (χ0) is 33.3. The van der Waals surface area contributed by atoms with E-state index < -0.39 is 17.8 Å². The molecule has 252 valence electrons. The van der Waals surface area contributed by atoms with Gasteiger partial charge in [-0.15, -0.1) is 0 Å². The van der Waals surface area contributed by atoms with Crippen LogP contribution in [0.4, 0.5) is 24.7 Å². The van der Waals surface area contributed by atoms with Crippen LogP contribution in [0.15, 0.2) is 30.3 Å². The molecular weight excluding hydrogens is 593 g/mol. The van der Waals surface area contributed by atoms with Crippen molar-refractivity contribution in [2.45, 2.75) is 103 Å². The summed E-state index contributed by atoms with van der Waals surface area (Å²) in [4.78, 5) is 24.2. The van der Waals surface area contributed by atoms with E-state index in [9.17, 15) is 18.0 Å². The van der Waals surface area contributed by atoms with Crippen molar-refractivity contribution >= 4 is 28.3 Å². The molecule has 5 N–H and O–H groups in total. The fraction of sp³-hybridized carbons (Fsp3) is 0.571. The number of likely N-dealkylation sites (tertiary alicyclic amines) is 1. The number of piperidine rings is 1. The largest absolute Gasteiger partial charge is 0.496 e. The second kappa shape index (κ2) is 16.3. The van der Waals surface area contributed by atoms with E-state index in [0.717, 1.165) is 67.5 Å². The highest BCUT2D eigenvalue weighted by atomic mass is 19.4. The number of unbranched alkanes of at least 4 members (excludes halogenated alkanes) is 7. The Morgan fingerprint density at radius 1 is 1.00 bits per heavy atom. The molecule has 0 spiro atoms. The summed E-state index contributed by atoms with van der Waals surface area (Å²) in [5.74, 6) is 2.18. The topological polar surface area (TPSA) is 119 Å². The standard InChI is InChI=1S/C35H49F3N6O2/c1-23(26-18-27(35(36,37)38)20-28(40)19-26)41-34-30-21-29(32(46-3)22-31(30)42-24(2)43-34)25-13-16-44(17-14-25)33(45)12-10-8-6-4-5-7-9-11-15-39/h18-23,25H,4-17,39-40H2,1-3H3,(H,41,42,43). The van der Waals surface area contributed by atoms with Gasteiger partial charge in [0.05, 0.1) is 24.2 Å². The Bertz CT molecular complexity index is 1460. The number of nitrogens with two attached hydrogens (primary N) is 2. The van der Waals surface area contributed by atoms with E-state index in [1.807, 2.05) is 17.0 Å². The number of benzene rings is 2. The molecular formula is C35H49F3N6O2. The van der Waals surface area contributed by atoms with Gasteiger partial charge in [-0.3, -0.25) is 4.79 Å². The minimum atomic E-state index is -4.50. The van der Waals surface area contributed by atoms with E-state index in [2.05, 4.69) is 15.3 Å². The number of nitrogen functional groups attached to an aromatic ring is 1. The number of rotatable bonds is 15. The highest BCUT2D eigenvalue weighted by Gasteiger charge is 2.32. The molecule has 8 nitrogen and oxygen atoms in total. The van der Waals surface area contributed by atoms with Crippen LogP contribution in [0, 0.1) is 6.92 Å². The Morgan fingerprint density at radius 2 is 1.65 bits per heavy atom. The number of nitrogens with zero attached hydrogens (tertiary/aromatic N) is 3. The predicted octanol–water partition coefficient (Wildman–Crippen LogP) is 7.90. The number of ether oxygens (including phenoxy) is 1. The molecule has 46 heavy (non-hydrogen) atoms. The molecule has 2 aromatic carbocycles. The van der Waals surface area contributed by atoms with E-state index in [0.29, 0.717) is 42.2 Å². The summed E-state index contributed by atoms with van der Waals surface area (Å²) in [6.45, 7) is 5.70. The summed E-state index contributed by atoms with van der Waals surface area (Å²) in [5, 5.41) is 4.06. The molecule has 11 heteroatoms. The highest BCUT2D eigenvalue weighted by Crippen LogP contribution is 2.39. The predicted molar refractivity (Wildman–Crippen MR) is 178 cm³/mol. The third-order valence-corrected chi connectivity index (χ3v) is 8.95. The van der Waals surface area contributed by atoms with Gasteiger partial charge < -0.3 is 26.4 Å². The number of nitrogens with one attached hydrogen (secondary N) is 1. The molecule has 4 rings (SSSR count). The fourth-order valence-electron chi connectivity index (χ4n) is 6.35. The third kappa shape index (κ3) is 9.47. The molecule has 0 saturated carbocycles. The molecule has 1 saturated heterocycles. The molecule has 3 aromatic rings. The Morgan fingerprint density at radius 3 is 2.28 bits per heavy atom. The number of halogens is 3. The molecule has 0 aliphatic carbocycles. The van der Waals surface area contributed by atoms with Gasteiger partial charge in [0, 0.05) is 36.7 Å². The second-order valence-corrected chi connectivity index (χ2v) is 12.5. The molecule has 2 heterocycles. The maximum atomic E-state index is 13.5. The molecule has 1 aliphatic rings. The number of amides is 1. The number of fused-ring (bicyclic) bond motifs is 1. The average Bonchev–Trinajstić information content (AvgIpc) is 3.02. The van der Waals surface area contributed by atoms with Crippen molar-refractivity contribution in [1.82, 2.24) is 14.9 Å². The van der Waals surface area contributed by atoms with Gasteiger partial charge >= 0.3 is 6.18 Å². The smallest absolute Gasteiger partial charge is 0.416 e. The number of aromatic nitrogens is 2. The Labute approximate surface area is 270 Å². The van der Waals surface area contributed by atoms with Crippen molar-refractivity contribution < 1.29 is 22.7 Å². The summed E-state index contributed by atoms with van der Waals surface area (Å²) < 4.78 is 46.2. The minimum absolute atomic E-state index is 0.0451.